The van der Waals surface area contributed by atoms with Crippen molar-refractivity contribution in [1.29, 1.82) is 0 Å². The number of benzene rings is 1. The summed E-state index contributed by atoms with van der Waals surface area (Å²) in [5, 5.41) is 7.05. The number of hydrogen-bond acceptors (Lipinski definition) is 3. The lowest BCUT2D eigenvalue weighted by Gasteiger charge is -2.16. The zero-order valence-corrected chi connectivity index (χ0v) is 12.8. The van der Waals surface area contributed by atoms with Crippen molar-refractivity contribution >= 4 is 11.6 Å². The van der Waals surface area contributed by atoms with E-state index in [1.165, 1.54) is 12.8 Å². The Hall–Kier alpha value is -2.30. The van der Waals surface area contributed by atoms with Crippen molar-refractivity contribution in [2.24, 2.45) is 0 Å². The van der Waals surface area contributed by atoms with Crippen molar-refractivity contribution in [3.8, 4) is 5.75 Å². The molecular weight excluding hydrogens is 278 g/mol. The maximum absolute atomic E-state index is 12.2. The third kappa shape index (κ3) is 3.67. The Morgan fingerprint density at radius 1 is 1.36 bits per heavy atom. The summed E-state index contributed by atoms with van der Waals surface area (Å²) >= 11 is 0. The molecule has 22 heavy (non-hydrogen) atoms. The van der Waals surface area contributed by atoms with Crippen LogP contribution in [-0.2, 0) is 11.3 Å². The minimum atomic E-state index is -0.106. The van der Waals surface area contributed by atoms with Crippen molar-refractivity contribution in [3.63, 3.8) is 0 Å². The Bertz CT molecular complexity index is 645. The van der Waals surface area contributed by atoms with Gasteiger partial charge in [0.05, 0.1) is 18.0 Å². The van der Waals surface area contributed by atoms with E-state index < -0.39 is 0 Å². The van der Waals surface area contributed by atoms with Crippen LogP contribution in [0.1, 0.15) is 31.2 Å². The second kappa shape index (κ2) is 6.64. The van der Waals surface area contributed by atoms with Crippen LogP contribution in [0.5, 0.6) is 5.75 Å². The fraction of sp³-hybridized carbons (Fsp3) is 0.412. The Morgan fingerprint density at radius 3 is 2.86 bits per heavy atom. The zero-order chi connectivity index (χ0) is 15.4. The average Bonchev–Trinajstić information content (AvgIpc) is 3.13. The highest BCUT2D eigenvalue weighted by molar-refractivity contribution is 5.92. The first-order chi connectivity index (χ1) is 10.7. The number of carbonyl (C=O) groups excluding carboxylic acids is 1. The molecule has 0 aliphatic heterocycles. The first-order valence-corrected chi connectivity index (χ1v) is 7.75. The van der Waals surface area contributed by atoms with Gasteiger partial charge in [-0.1, -0.05) is 12.1 Å². The van der Waals surface area contributed by atoms with Crippen LogP contribution >= 0.6 is 0 Å². The minimum absolute atomic E-state index is 0.106. The molecule has 1 N–H and O–H groups in total. The van der Waals surface area contributed by atoms with Gasteiger partial charge in [0.15, 0.2) is 0 Å². The Morgan fingerprint density at radius 2 is 2.14 bits per heavy atom. The molecule has 1 aromatic carbocycles. The van der Waals surface area contributed by atoms with Crippen molar-refractivity contribution in [2.45, 2.75) is 45.3 Å². The summed E-state index contributed by atoms with van der Waals surface area (Å²) in [4.78, 5) is 12.2. The molecule has 0 atom stereocenters. The van der Waals surface area contributed by atoms with Gasteiger partial charge in [0.1, 0.15) is 12.3 Å². The molecule has 0 unspecified atom stereocenters. The molecule has 3 rings (SSSR count). The summed E-state index contributed by atoms with van der Waals surface area (Å²) in [7, 11) is 0. The molecule has 0 radical (unpaired) electrons. The van der Waals surface area contributed by atoms with E-state index in [2.05, 4.69) is 10.4 Å². The van der Waals surface area contributed by atoms with E-state index in [4.69, 9.17) is 4.74 Å². The van der Waals surface area contributed by atoms with Crippen LogP contribution in [0, 0.1) is 6.92 Å². The first kappa shape index (κ1) is 14.6. The summed E-state index contributed by atoms with van der Waals surface area (Å²) in [6.07, 6.45) is 8.48. The largest absolute Gasteiger partial charge is 0.488 e. The van der Waals surface area contributed by atoms with Crippen LogP contribution in [-0.4, -0.2) is 21.8 Å². The standard InChI is InChI=1S/C17H21N3O2/c1-13-10-18-20(11-13)12-17(21)19-15-8-4-5-9-16(15)22-14-6-2-3-7-14/h4-5,8-11,14H,2-3,6-7,12H2,1H3,(H,19,21). The van der Waals surface area contributed by atoms with E-state index in [0.717, 1.165) is 29.8 Å². The maximum Gasteiger partial charge on any atom is 0.246 e. The van der Waals surface area contributed by atoms with E-state index in [1.54, 1.807) is 10.9 Å². The quantitative estimate of drug-likeness (QED) is 0.922. The van der Waals surface area contributed by atoms with Crippen molar-refractivity contribution in [3.05, 3.63) is 42.2 Å². The normalized spacial score (nSPS) is 15.0. The van der Waals surface area contributed by atoms with E-state index in [0.29, 0.717) is 0 Å². The molecular formula is C17H21N3O2. The summed E-state index contributed by atoms with van der Waals surface area (Å²) < 4.78 is 7.65. The van der Waals surface area contributed by atoms with Gasteiger partial charge in [0, 0.05) is 6.20 Å². The van der Waals surface area contributed by atoms with E-state index in [-0.39, 0.29) is 18.6 Å². The van der Waals surface area contributed by atoms with Gasteiger partial charge >= 0.3 is 0 Å². The molecule has 1 fully saturated rings. The highest BCUT2D eigenvalue weighted by atomic mass is 16.5. The lowest BCUT2D eigenvalue weighted by molar-refractivity contribution is -0.116. The van der Waals surface area contributed by atoms with Crippen molar-refractivity contribution in [2.75, 3.05) is 5.32 Å². The van der Waals surface area contributed by atoms with Crippen LogP contribution in [0.4, 0.5) is 5.69 Å². The summed E-state index contributed by atoms with van der Waals surface area (Å²) in [5.41, 5.74) is 1.76. The van der Waals surface area contributed by atoms with Crippen LogP contribution < -0.4 is 10.1 Å². The van der Waals surface area contributed by atoms with Crippen molar-refractivity contribution in [1.82, 2.24) is 9.78 Å². The molecule has 1 aliphatic rings. The number of aryl methyl sites for hydroxylation is 1. The molecule has 1 heterocycles. The number of aromatic nitrogens is 2. The lowest BCUT2D eigenvalue weighted by Crippen LogP contribution is -2.20. The number of carbonyl (C=O) groups is 1. The number of hydrogen-bond donors (Lipinski definition) is 1. The Labute approximate surface area is 130 Å². The van der Waals surface area contributed by atoms with Crippen LogP contribution in [0.2, 0.25) is 0 Å². The molecule has 2 aromatic rings. The lowest BCUT2D eigenvalue weighted by atomic mass is 10.2. The summed E-state index contributed by atoms with van der Waals surface area (Å²) in [6, 6.07) is 7.61. The van der Waals surface area contributed by atoms with Gasteiger partial charge in [0.25, 0.3) is 0 Å². The highest BCUT2D eigenvalue weighted by Crippen LogP contribution is 2.29. The third-order valence-electron chi connectivity index (χ3n) is 3.82. The second-order valence-corrected chi connectivity index (χ2v) is 5.78. The fourth-order valence-corrected chi connectivity index (χ4v) is 2.75. The number of nitrogens with one attached hydrogen (secondary N) is 1. The average molecular weight is 299 g/mol. The molecule has 0 spiro atoms. The SMILES string of the molecule is Cc1cnn(CC(=O)Nc2ccccc2OC2CCCC2)c1. The third-order valence-corrected chi connectivity index (χ3v) is 3.82. The van der Waals surface area contributed by atoms with Crippen LogP contribution in [0.3, 0.4) is 0 Å². The van der Waals surface area contributed by atoms with E-state index >= 15 is 0 Å². The van der Waals surface area contributed by atoms with Gasteiger partial charge in [-0.25, -0.2) is 0 Å². The zero-order valence-electron chi connectivity index (χ0n) is 12.8. The van der Waals surface area contributed by atoms with Crippen LogP contribution in [0.25, 0.3) is 0 Å². The molecule has 1 aliphatic carbocycles. The number of nitrogens with zero attached hydrogens (tertiary/aromatic N) is 2. The number of anilines is 1. The molecule has 116 valence electrons. The first-order valence-electron chi connectivity index (χ1n) is 7.75. The molecule has 0 bridgehead atoms. The molecule has 1 amide bonds. The molecule has 1 aromatic heterocycles. The van der Waals surface area contributed by atoms with Crippen molar-refractivity contribution < 1.29 is 9.53 Å². The van der Waals surface area contributed by atoms with Gasteiger partial charge in [-0.2, -0.15) is 5.10 Å². The van der Waals surface area contributed by atoms with Crippen LogP contribution in [0.15, 0.2) is 36.7 Å². The number of para-hydroxylation sites is 2. The number of ether oxygens (including phenoxy) is 1. The molecule has 0 saturated heterocycles. The van der Waals surface area contributed by atoms with E-state index in [9.17, 15) is 4.79 Å². The van der Waals surface area contributed by atoms with Gasteiger partial charge in [-0.05, 0) is 50.3 Å². The minimum Gasteiger partial charge on any atom is -0.488 e. The predicted octanol–water partition coefficient (Wildman–Crippen LogP) is 3.15. The Kier molecular flexibility index (Phi) is 4.42. The summed E-state index contributed by atoms with van der Waals surface area (Å²) in [6.45, 7) is 2.15. The number of rotatable bonds is 5. The van der Waals surface area contributed by atoms with Gasteiger partial charge in [0.2, 0.25) is 5.91 Å². The maximum atomic E-state index is 12.2. The molecule has 5 heteroatoms. The molecule has 5 nitrogen and oxygen atoms in total. The van der Waals surface area contributed by atoms with E-state index in [1.807, 2.05) is 37.4 Å². The van der Waals surface area contributed by atoms with Gasteiger partial charge in [-0.3, -0.25) is 9.48 Å². The van der Waals surface area contributed by atoms with Gasteiger partial charge < -0.3 is 10.1 Å². The smallest absolute Gasteiger partial charge is 0.246 e. The van der Waals surface area contributed by atoms with Gasteiger partial charge in [-0.15, -0.1) is 0 Å². The molecule has 1 saturated carbocycles. The monoisotopic (exact) mass is 299 g/mol. The highest BCUT2D eigenvalue weighted by Gasteiger charge is 2.18. The summed E-state index contributed by atoms with van der Waals surface area (Å²) in [5.74, 6) is 0.643. The number of amides is 1. The topological polar surface area (TPSA) is 56.2 Å². The fourth-order valence-electron chi connectivity index (χ4n) is 2.75. The second-order valence-electron chi connectivity index (χ2n) is 5.78. The predicted molar refractivity (Wildman–Crippen MR) is 84.9 cm³/mol. The Balaban J connectivity index is 1.64.